The van der Waals surface area contributed by atoms with Crippen LogP contribution in [0.4, 0.5) is 0 Å². The Bertz CT molecular complexity index is 615. The SMILES string of the molecule is Cc1ccc(O[C@H]2O[C@H](COC(=O)CCC(=O)O)[C@@H](O)[C@H](O)[C@@H]2O)cc1. The molecular weight excluding hydrogens is 348 g/mol. The fourth-order valence-corrected chi connectivity index (χ4v) is 2.36. The summed E-state index contributed by atoms with van der Waals surface area (Å²) in [5.41, 5.74) is 1.00. The molecule has 5 atom stereocenters. The molecule has 1 saturated heterocycles. The predicted octanol–water partition coefficient (Wildman–Crippen LogP) is -0.411. The molecule has 1 heterocycles. The van der Waals surface area contributed by atoms with Crippen LogP contribution in [0.15, 0.2) is 24.3 Å². The summed E-state index contributed by atoms with van der Waals surface area (Å²) in [6, 6.07) is 6.89. The Kier molecular flexibility index (Phi) is 6.92. The van der Waals surface area contributed by atoms with Crippen molar-refractivity contribution in [3.05, 3.63) is 29.8 Å². The third kappa shape index (κ3) is 5.40. The van der Waals surface area contributed by atoms with Crippen LogP contribution in [0.1, 0.15) is 18.4 Å². The van der Waals surface area contributed by atoms with Gasteiger partial charge in [0.15, 0.2) is 0 Å². The molecule has 0 spiro atoms. The van der Waals surface area contributed by atoms with Crippen LogP contribution in [-0.2, 0) is 19.1 Å². The standard InChI is InChI=1S/C17H22O9/c1-9-2-4-10(5-3-9)25-17-16(23)15(22)14(21)11(26-17)8-24-13(20)7-6-12(18)19/h2-5,11,14-17,21-23H,6-8H2,1H3,(H,18,19)/t11-,14-,15+,16+,17+/m1/s1. The maximum absolute atomic E-state index is 11.5. The van der Waals surface area contributed by atoms with Gasteiger partial charge in [-0.25, -0.2) is 0 Å². The Morgan fingerprint density at radius 1 is 1.04 bits per heavy atom. The minimum atomic E-state index is -1.57. The molecular formula is C17H22O9. The maximum Gasteiger partial charge on any atom is 0.306 e. The van der Waals surface area contributed by atoms with Gasteiger partial charge in [-0.2, -0.15) is 0 Å². The number of aryl methyl sites for hydroxylation is 1. The fourth-order valence-electron chi connectivity index (χ4n) is 2.36. The van der Waals surface area contributed by atoms with Crippen LogP contribution in [0, 0.1) is 6.92 Å². The number of carbonyl (C=O) groups excluding carboxylic acids is 1. The molecule has 0 saturated carbocycles. The van der Waals surface area contributed by atoms with Crippen LogP contribution in [0.5, 0.6) is 5.75 Å². The van der Waals surface area contributed by atoms with Crippen molar-refractivity contribution in [2.24, 2.45) is 0 Å². The molecule has 1 aliphatic rings. The van der Waals surface area contributed by atoms with Crippen molar-refractivity contribution >= 4 is 11.9 Å². The number of ether oxygens (including phenoxy) is 3. The van der Waals surface area contributed by atoms with Crippen LogP contribution in [0.3, 0.4) is 0 Å². The van der Waals surface area contributed by atoms with Crippen LogP contribution >= 0.6 is 0 Å². The van der Waals surface area contributed by atoms with E-state index in [1.54, 1.807) is 24.3 Å². The van der Waals surface area contributed by atoms with Crippen molar-refractivity contribution in [3.8, 4) is 5.75 Å². The van der Waals surface area contributed by atoms with E-state index in [1.807, 2.05) is 6.92 Å². The number of aliphatic hydroxyl groups excluding tert-OH is 3. The highest BCUT2D eigenvalue weighted by Gasteiger charge is 2.45. The summed E-state index contributed by atoms with van der Waals surface area (Å²) < 4.78 is 15.8. The minimum Gasteiger partial charge on any atom is -0.481 e. The fraction of sp³-hybridized carbons (Fsp3) is 0.529. The Morgan fingerprint density at radius 3 is 2.31 bits per heavy atom. The van der Waals surface area contributed by atoms with E-state index in [0.717, 1.165) is 5.56 Å². The van der Waals surface area contributed by atoms with Crippen LogP contribution in [-0.4, -0.2) is 69.7 Å². The number of carboxylic acid groups (broad SMARTS) is 1. The Balaban J connectivity index is 1.95. The molecule has 1 aromatic carbocycles. The van der Waals surface area contributed by atoms with E-state index in [-0.39, 0.29) is 12.8 Å². The average Bonchev–Trinajstić information content (AvgIpc) is 2.61. The van der Waals surface area contributed by atoms with Gasteiger partial charge in [-0.05, 0) is 19.1 Å². The Hall–Kier alpha value is -2.20. The van der Waals surface area contributed by atoms with Gasteiger partial charge in [0.2, 0.25) is 6.29 Å². The second-order valence-electron chi connectivity index (χ2n) is 6.02. The number of hydrogen-bond donors (Lipinski definition) is 4. The van der Waals surface area contributed by atoms with Crippen molar-refractivity contribution in [1.82, 2.24) is 0 Å². The van der Waals surface area contributed by atoms with Gasteiger partial charge in [0.05, 0.1) is 12.8 Å². The number of rotatable bonds is 7. The first-order valence-corrected chi connectivity index (χ1v) is 8.08. The van der Waals surface area contributed by atoms with Gasteiger partial charge in [-0.1, -0.05) is 17.7 Å². The molecule has 0 aliphatic carbocycles. The molecule has 26 heavy (non-hydrogen) atoms. The van der Waals surface area contributed by atoms with Gasteiger partial charge in [0.1, 0.15) is 36.8 Å². The van der Waals surface area contributed by atoms with Gasteiger partial charge in [0.25, 0.3) is 0 Å². The number of hydrogen-bond acceptors (Lipinski definition) is 8. The zero-order valence-corrected chi connectivity index (χ0v) is 14.1. The minimum absolute atomic E-state index is 0.327. The molecule has 0 unspecified atom stereocenters. The second-order valence-corrected chi connectivity index (χ2v) is 6.02. The normalized spacial score (nSPS) is 28.4. The lowest BCUT2D eigenvalue weighted by atomic mass is 9.99. The summed E-state index contributed by atoms with van der Waals surface area (Å²) in [5.74, 6) is -1.53. The predicted molar refractivity (Wildman–Crippen MR) is 86.3 cm³/mol. The molecule has 4 N–H and O–H groups in total. The van der Waals surface area contributed by atoms with E-state index in [0.29, 0.717) is 5.75 Å². The van der Waals surface area contributed by atoms with Gasteiger partial charge in [0, 0.05) is 0 Å². The average molecular weight is 370 g/mol. The Labute approximate surface area is 149 Å². The number of benzene rings is 1. The van der Waals surface area contributed by atoms with Gasteiger partial charge in [-0.15, -0.1) is 0 Å². The first-order valence-electron chi connectivity index (χ1n) is 8.08. The molecule has 0 aromatic heterocycles. The van der Waals surface area contributed by atoms with E-state index >= 15 is 0 Å². The number of aliphatic carboxylic acids is 1. The quantitative estimate of drug-likeness (QED) is 0.471. The lowest BCUT2D eigenvalue weighted by Gasteiger charge is -2.39. The molecule has 9 nitrogen and oxygen atoms in total. The van der Waals surface area contributed by atoms with Crippen LogP contribution < -0.4 is 4.74 Å². The van der Waals surface area contributed by atoms with E-state index in [2.05, 4.69) is 0 Å². The molecule has 144 valence electrons. The molecule has 0 amide bonds. The van der Waals surface area contributed by atoms with Crippen molar-refractivity contribution in [2.45, 2.75) is 50.5 Å². The number of aliphatic hydroxyl groups is 3. The Morgan fingerprint density at radius 2 is 1.69 bits per heavy atom. The number of esters is 1. The lowest BCUT2D eigenvalue weighted by Crippen LogP contribution is -2.60. The largest absolute Gasteiger partial charge is 0.481 e. The number of carboxylic acids is 1. The first-order chi connectivity index (χ1) is 12.3. The van der Waals surface area contributed by atoms with Gasteiger partial charge >= 0.3 is 11.9 Å². The monoisotopic (exact) mass is 370 g/mol. The topological polar surface area (TPSA) is 143 Å². The maximum atomic E-state index is 11.5. The zero-order chi connectivity index (χ0) is 19.3. The smallest absolute Gasteiger partial charge is 0.306 e. The highest BCUT2D eigenvalue weighted by Crippen LogP contribution is 2.25. The summed E-state index contributed by atoms with van der Waals surface area (Å²) >= 11 is 0. The van der Waals surface area contributed by atoms with Crippen LogP contribution in [0.2, 0.25) is 0 Å². The third-order valence-corrected chi connectivity index (χ3v) is 3.89. The van der Waals surface area contributed by atoms with Gasteiger partial charge < -0.3 is 34.6 Å². The van der Waals surface area contributed by atoms with Gasteiger partial charge in [-0.3, -0.25) is 9.59 Å². The molecule has 2 rings (SSSR count). The second kappa shape index (κ2) is 8.95. The van der Waals surface area contributed by atoms with Crippen LogP contribution in [0.25, 0.3) is 0 Å². The molecule has 0 bridgehead atoms. The number of carbonyl (C=O) groups is 2. The lowest BCUT2D eigenvalue weighted by molar-refractivity contribution is -0.278. The van der Waals surface area contributed by atoms with Crippen molar-refractivity contribution in [2.75, 3.05) is 6.61 Å². The summed E-state index contributed by atoms with van der Waals surface area (Å²) in [4.78, 5) is 21.9. The summed E-state index contributed by atoms with van der Waals surface area (Å²) in [6.07, 6.45) is -7.71. The van der Waals surface area contributed by atoms with E-state index in [1.165, 1.54) is 0 Å². The van der Waals surface area contributed by atoms with Crippen molar-refractivity contribution in [3.63, 3.8) is 0 Å². The molecule has 1 aliphatic heterocycles. The third-order valence-electron chi connectivity index (χ3n) is 3.89. The first kappa shape index (κ1) is 20.1. The molecule has 1 aromatic rings. The van der Waals surface area contributed by atoms with E-state index in [9.17, 15) is 24.9 Å². The van der Waals surface area contributed by atoms with E-state index < -0.39 is 49.3 Å². The summed E-state index contributed by atoms with van der Waals surface area (Å²) in [7, 11) is 0. The summed E-state index contributed by atoms with van der Waals surface area (Å²) in [5, 5.41) is 38.5. The molecule has 0 radical (unpaired) electrons. The highest BCUT2D eigenvalue weighted by atomic mass is 16.7. The zero-order valence-electron chi connectivity index (χ0n) is 14.1. The molecule has 9 heteroatoms. The van der Waals surface area contributed by atoms with Crippen molar-refractivity contribution in [1.29, 1.82) is 0 Å². The summed E-state index contributed by atoms with van der Waals surface area (Å²) in [6.45, 7) is 1.47. The molecule has 1 fully saturated rings. The highest BCUT2D eigenvalue weighted by molar-refractivity contribution is 5.76. The van der Waals surface area contributed by atoms with Crippen molar-refractivity contribution < 1.29 is 44.2 Å². The van der Waals surface area contributed by atoms with E-state index in [4.69, 9.17) is 19.3 Å².